The summed E-state index contributed by atoms with van der Waals surface area (Å²) in [6, 6.07) is 14.6. The summed E-state index contributed by atoms with van der Waals surface area (Å²) in [7, 11) is 0. The van der Waals surface area contributed by atoms with Crippen molar-refractivity contribution in [2.75, 3.05) is 16.8 Å². The molecule has 1 atom stereocenters. The highest BCUT2D eigenvalue weighted by molar-refractivity contribution is 7.80. The Balaban J connectivity index is 1.72. The molecule has 0 spiro atoms. The molecule has 0 aromatic heterocycles. The smallest absolute Gasteiger partial charge is 0.227 e. The van der Waals surface area contributed by atoms with Crippen molar-refractivity contribution in [1.82, 2.24) is 5.32 Å². The molecule has 1 heterocycles. The highest BCUT2D eigenvalue weighted by Crippen LogP contribution is 2.28. The Labute approximate surface area is 167 Å². The zero-order valence-electron chi connectivity index (χ0n) is 16.2. The van der Waals surface area contributed by atoms with Gasteiger partial charge in [0.05, 0.1) is 6.04 Å². The summed E-state index contributed by atoms with van der Waals surface area (Å²) in [5.74, 6) is 0.196. The lowest BCUT2D eigenvalue weighted by atomic mass is 10.00. The van der Waals surface area contributed by atoms with Gasteiger partial charge in [0.2, 0.25) is 5.91 Å². The van der Waals surface area contributed by atoms with Crippen molar-refractivity contribution in [2.45, 2.75) is 46.1 Å². The molecule has 2 aromatic carbocycles. The van der Waals surface area contributed by atoms with Crippen LogP contribution in [0.4, 0.5) is 11.4 Å². The first-order valence-corrected chi connectivity index (χ1v) is 9.94. The first kappa shape index (κ1) is 19.4. The van der Waals surface area contributed by atoms with Crippen LogP contribution in [0.5, 0.6) is 0 Å². The summed E-state index contributed by atoms with van der Waals surface area (Å²) in [5.41, 5.74) is 5.48. The van der Waals surface area contributed by atoms with Crippen molar-refractivity contribution in [3.8, 4) is 0 Å². The van der Waals surface area contributed by atoms with Gasteiger partial charge in [-0.1, -0.05) is 37.3 Å². The van der Waals surface area contributed by atoms with Crippen molar-refractivity contribution >= 4 is 34.6 Å². The van der Waals surface area contributed by atoms with E-state index in [2.05, 4.69) is 48.7 Å². The van der Waals surface area contributed by atoms with Crippen LogP contribution >= 0.6 is 12.2 Å². The second kappa shape index (κ2) is 8.53. The topological polar surface area (TPSA) is 44.4 Å². The average molecular weight is 382 g/mol. The van der Waals surface area contributed by atoms with Gasteiger partial charge in [-0.05, 0) is 67.7 Å². The fourth-order valence-electron chi connectivity index (χ4n) is 3.58. The lowest BCUT2D eigenvalue weighted by molar-refractivity contribution is -0.117. The van der Waals surface area contributed by atoms with E-state index in [9.17, 15) is 4.79 Å². The Bertz CT molecular complexity index is 849. The number of thiocarbonyl (C=S) groups is 1. The highest BCUT2D eigenvalue weighted by atomic mass is 32.1. The third-order valence-corrected chi connectivity index (χ3v) is 5.33. The van der Waals surface area contributed by atoms with Gasteiger partial charge in [-0.25, -0.2) is 0 Å². The number of hydrogen-bond donors (Lipinski definition) is 2. The molecule has 1 fully saturated rings. The summed E-state index contributed by atoms with van der Waals surface area (Å²) in [6.45, 7) is 7.09. The summed E-state index contributed by atoms with van der Waals surface area (Å²) < 4.78 is 0. The van der Waals surface area contributed by atoms with Gasteiger partial charge in [-0.15, -0.1) is 0 Å². The van der Waals surface area contributed by atoms with E-state index in [1.165, 1.54) is 11.1 Å². The Kier molecular flexibility index (Phi) is 6.11. The van der Waals surface area contributed by atoms with Gasteiger partial charge in [-0.3, -0.25) is 4.79 Å². The standard InChI is InChI=1S/C22H27N3OS/c1-4-19(18-9-6-5-8-15(18)2)24-22(27)23-17-12-11-16(3)20(14-17)25-13-7-10-21(25)26/h5-6,8-9,11-12,14,19H,4,7,10,13H2,1-3H3,(H2,23,24,27)/t19-/m0/s1. The van der Waals surface area contributed by atoms with Crippen LogP contribution in [0, 0.1) is 13.8 Å². The Morgan fingerprint density at radius 2 is 1.96 bits per heavy atom. The second-order valence-electron chi connectivity index (χ2n) is 7.07. The molecule has 1 amide bonds. The molecule has 27 heavy (non-hydrogen) atoms. The summed E-state index contributed by atoms with van der Waals surface area (Å²) in [4.78, 5) is 14.0. The zero-order valence-corrected chi connectivity index (χ0v) is 17.0. The number of benzene rings is 2. The highest BCUT2D eigenvalue weighted by Gasteiger charge is 2.23. The van der Waals surface area contributed by atoms with Crippen LogP contribution < -0.4 is 15.5 Å². The Hall–Kier alpha value is -2.40. The number of carbonyl (C=O) groups excluding carboxylic acids is 1. The van der Waals surface area contributed by atoms with Crippen LogP contribution in [0.3, 0.4) is 0 Å². The van der Waals surface area contributed by atoms with E-state index >= 15 is 0 Å². The third kappa shape index (κ3) is 4.48. The minimum Gasteiger partial charge on any atom is -0.356 e. The van der Waals surface area contributed by atoms with Crippen molar-refractivity contribution in [3.05, 3.63) is 59.2 Å². The van der Waals surface area contributed by atoms with Crippen LogP contribution in [0.15, 0.2) is 42.5 Å². The molecule has 1 aliphatic rings. The zero-order chi connectivity index (χ0) is 19.4. The number of hydrogen-bond acceptors (Lipinski definition) is 2. The first-order chi connectivity index (χ1) is 13.0. The molecule has 2 N–H and O–H groups in total. The normalized spacial score (nSPS) is 14.9. The van der Waals surface area contributed by atoms with Gasteiger partial charge < -0.3 is 15.5 Å². The minimum absolute atomic E-state index is 0.163. The molecule has 2 aromatic rings. The molecule has 0 unspecified atom stereocenters. The summed E-state index contributed by atoms with van der Waals surface area (Å²) >= 11 is 5.55. The molecule has 5 heteroatoms. The number of anilines is 2. The van der Waals surface area contributed by atoms with E-state index in [0.29, 0.717) is 11.5 Å². The maximum absolute atomic E-state index is 12.1. The molecule has 1 saturated heterocycles. The lowest BCUT2D eigenvalue weighted by Gasteiger charge is -2.23. The fourth-order valence-corrected chi connectivity index (χ4v) is 3.84. The molecule has 0 saturated carbocycles. The largest absolute Gasteiger partial charge is 0.356 e. The fraction of sp³-hybridized carbons (Fsp3) is 0.364. The molecule has 0 bridgehead atoms. The van der Waals surface area contributed by atoms with Crippen molar-refractivity contribution in [2.24, 2.45) is 0 Å². The van der Waals surface area contributed by atoms with Crippen LogP contribution in [0.25, 0.3) is 0 Å². The van der Waals surface area contributed by atoms with E-state index in [1.54, 1.807) is 0 Å². The number of rotatable bonds is 5. The van der Waals surface area contributed by atoms with Crippen molar-refractivity contribution < 1.29 is 4.79 Å². The SMILES string of the molecule is CC[C@H](NC(=S)Nc1ccc(C)c(N2CCCC2=O)c1)c1ccccc1C. The summed E-state index contributed by atoms with van der Waals surface area (Å²) in [6.07, 6.45) is 2.49. The van der Waals surface area contributed by atoms with E-state index < -0.39 is 0 Å². The van der Waals surface area contributed by atoms with Crippen LogP contribution in [-0.4, -0.2) is 17.6 Å². The molecule has 3 rings (SSSR count). The van der Waals surface area contributed by atoms with E-state index in [1.807, 2.05) is 30.0 Å². The van der Waals surface area contributed by atoms with E-state index in [4.69, 9.17) is 12.2 Å². The third-order valence-electron chi connectivity index (χ3n) is 5.11. The average Bonchev–Trinajstić information content (AvgIpc) is 3.08. The predicted molar refractivity (Wildman–Crippen MR) is 116 cm³/mol. The van der Waals surface area contributed by atoms with Gasteiger partial charge in [0.25, 0.3) is 0 Å². The Morgan fingerprint density at radius 1 is 1.19 bits per heavy atom. The minimum atomic E-state index is 0.163. The van der Waals surface area contributed by atoms with Gasteiger partial charge in [-0.2, -0.15) is 0 Å². The molecule has 142 valence electrons. The predicted octanol–water partition coefficient (Wildman–Crippen LogP) is 4.87. The first-order valence-electron chi connectivity index (χ1n) is 9.53. The number of nitrogens with zero attached hydrogens (tertiary/aromatic N) is 1. The van der Waals surface area contributed by atoms with E-state index in [0.717, 1.165) is 36.3 Å². The van der Waals surface area contributed by atoms with Crippen LogP contribution in [0.1, 0.15) is 48.9 Å². The second-order valence-corrected chi connectivity index (χ2v) is 7.47. The summed E-state index contributed by atoms with van der Waals surface area (Å²) in [5, 5.41) is 7.30. The molecular weight excluding hydrogens is 354 g/mol. The van der Waals surface area contributed by atoms with Crippen LogP contribution in [-0.2, 0) is 4.79 Å². The van der Waals surface area contributed by atoms with Crippen LogP contribution in [0.2, 0.25) is 0 Å². The number of aryl methyl sites for hydroxylation is 2. The number of carbonyl (C=O) groups is 1. The van der Waals surface area contributed by atoms with Crippen molar-refractivity contribution in [1.29, 1.82) is 0 Å². The Morgan fingerprint density at radius 3 is 2.63 bits per heavy atom. The molecule has 0 radical (unpaired) electrons. The molecule has 0 aliphatic carbocycles. The van der Waals surface area contributed by atoms with Gasteiger partial charge >= 0.3 is 0 Å². The van der Waals surface area contributed by atoms with E-state index in [-0.39, 0.29) is 11.9 Å². The maximum atomic E-state index is 12.1. The number of amides is 1. The monoisotopic (exact) mass is 381 g/mol. The molecule has 4 nitrogen and oxygen atoms in total. The lowest BCUT2D eigenvalue weighted by Crippen LogP contribution is -2.32. The molecular formula is C22H27N3OS. The number of nitrogens with one attached hydrogen (secondary N) is 2. The quantitative estimate of drug-likeness (QED) is 0.726. The molecule has 1 aliphatic heterocycles. The van der Waals surface area contributed by atoms with Gasteiger partial charge in [0.15, 0.2) is 5.11 Å². The van der Waals surface area contributed by atoms with Crippen molar-refractivity contribution in [3.63, 3.8) is 0 Å². The van der Waals surface area contributed by atoms with Gasteiger partial charge in [0, 0.05) is 24.3 Å². The maximum Gasteiger partial charge on any atom is 0.227 e. The van der Waals surface area contributed by atoms with Gasteiger partial charge in [0.1, 0.15) is 0 Å².